The Morgan fingerprint density at radius 3 is 2.61 bits per heavy atom. The van der Waals surface area contributed by atoms with Gasteiger partial charge in [0.2, 0.25) is 0 Å². The Labute approximate surface area is 177 Å². The van der Waals surface area contributed by atoms with Crippen molar-refractivity contribution in [2.75, 3.05) is 18.6 Å². The number of aliphatic imine (C=N–C) groups is 1. The van der Waals surface area contributed by atoms with E-state index in [2.05, 4.69) is 4.99 Å². The number of hydrogen-bond acceptors (Lipinski definition) is 5. The van der Waals surface area contributed by atoms with E-state index in [-0.39, 0.29) is 17.9 Å². The number of hydrogen-bond donors (Lipinski definition) is 0. The molecule has 0 aliphatic carbocycles. The third-order valence-electron chi connectivity index (χ3n) is 4.90. The fraction of sp³-hybridized carbons (Fsp3) is 0.318. The summed E-state index contributed by atoms with van der Waals surface area (Å²) in [6.07, 6.45) is -2.70. The van der Waals surface area contributed by atoms with Crippen molar-refractivity contribution >= 4 is 29.4 Å². The van der Waals surface area contributed by atoms with E-state index in [1.54, 1.807) is 30.3 Å². The molecule has 1 aliphatic heterocycles. The van der Waals surface area contributed by atoms with Crippen LogP contribution in [0, 0.1) is 0 Å². The second kappa shape index (κ2) is 8.79. The molecule has 0 fully saturated rings. The topological polar surface area (TPSA) is 72.1 Å². The Morgan fingerprint density at radius 1 is 1.23 bits per heavy atom. The standard InChI is InChI=1S/C22H21F3N2O4/c1-3-30-18(28)14-21(22(23,24)25,12-6-8-15-9-7-13-31-15)26-19-16-10-4-5-11-17(16)27(2)20(19)29/h4-11,13H,3,12,14H2,1-2H3/b8-6+,26-19?/t21-/m1/s1. The normalized spacial score (nSPS) is 17.3. The van der Waals surface area contributed by atoms with Crippen molar-refractivity contribution in [1.82, 2.24) is 0 Å². The van der Waals surface area contributed by atoms with Crippen LogP contribution in [0.3, 0.4) is 0 Å². The smallest absolute Gasteiger partial charge is 0.414 e. The van der Waals surface area contributed by atoms with E-state index in [9.17, 15) is 22.8 Å². The largest absolute Gasteiger partial charge is 0.466 e. The highest BCUT2D eigenvalue weighted by Crippen LogP contribution is 2.42. The van der Waals surface area contributed by atoms with Gasteiger partial charge in [0.15, 0.2) is 5.54 Å². The summed E-state index contributed by atoms with van der Waals surface area (Å²) in [7, 11) is 1.46. The number of halogens is 3. The number of likely N-dealkylation sites (N-methyl/N-ethyl adjacent to an activating group) is 1. The zero-order valence-electron chi connectivity index (χ0n) is 17.0. The molecule has 0 saturated carbocycles. The number of para-hydroxylation sites is 1. The molecule has 6 nitrogen and oxygen atoms in total. The molecule has 0 bridgehead atoms. The Kier molecular flexibility index (Phi) is 6.33. The van der Waals surface area contributed by atoms with Gasteiger partial charge < -0.3 is 14.1 Å². The number of carbonyl (C=O) groups is 2. The van der Waals surface area contributed by atoms with Gasteiger partial charge in [-0.05, 0) is 31.2 Å². The minimum atomic E-state index is -4.93. The molecule has 9 heteroatoms. The summed E-state index contributed by atoms with van der Waals surface area (Å²) in [5.41, 5.74) is -2.50. The zero-order valence-corrected chi connectivity index (χ0v) is 17.0. The third-order valence-corrected chi connectivity index (χ3v) is 4.90. The summed E-state index contributed by atoms with van der Waals surface area (Å²) in [6.45, 7) is 1.43. The minimum absolute atomic E-state index is 0.0733. The number of amides is 1. The van der Waals surface area contributed by atoms with Crippen molar-refractivity contribution < 1.29 is 31.9 Å². The molecule has 2 heterocycles. The molecule has 1 amide bonds. The van der Waals surface area contributed by atoms with E-state index in [1.807, 2.05) is 0 Å². The molecule has 1 aliphatic rings. The molecule has 1 aromatic carbocycles. The molecule has 2 aromatic rings. The fourth-order valence-corrected chi connectivity index (χ4v) is 3.32. The summed E-state index contributed by atoms with van der Waals surface area (Å²) in [6, 6.07) is 9.60. The van der Waals surface area contributed by atoms with Gasteiger partial charge in [0.05, 0.1) is 25.0 Å². The highest BCUT2D eigenvalue weighted by atomic mass is 19.4. The molecular formula is C22H21F3N2O4. The van der Waals surface area contributed by atoms with Crippen molar-refractivity contribution in [3.05, 3.63) is 60.1 Å². The van der Waals surface area contributed by atoms with E-state index in [0.29, 0.717) is 11.4 Å². The quantitative estimate of drug-likeness (QED) is 0.606. The Hall–Kier alpha value is -3.36. The average molecular weight is 434 g/mol. The number of fused-ring (bicyclic) bond motifs is 1. The van der Waals surface area contributed by atoms with Crippen LogP contribution in [0.1, 0.15) is 31.1 Å². The van der Waals surface area contributed by atoms with Gasteiger partial charge in [-0.1, -0.05) is 24.3 Å². The lowest BCUT2D eigenvalue weighted by Crippen LogP contribution is -2.47. The molecule has 0 N–H and O–H groups in total. The van der Waals surface area contributed by atoms with Crippen LogP contribution >= 0.6 is 0 Å². The van der Waals surface area contributed by atoms with Gasteiger partial charge >= 0.3 is 12.1 Å². The zero-order chi connectivity index (χ0) is 22.6. The van der Waals surface area contributed by atoms with E-state index in [1.165, 1.54) is 43.4 Å². The predicted molar refractivity (Wildman–Crippen MR) is 109 cm³/mol. The average Bonchev–Trinajstić information content (AvgIpc) is 3.30. The van der Waals surface area contributed by atoms with Gasteiger partial charge in [0.25, 0.3) is 5.91 Å². The summed E-state index contributed by atoms with van der Waals surface area (Å²) in [5, 5.41) is 0. The predicted octanol–water partition coefficient (Wildman–Crippen LogP) is 4.40. The van der Waals surface area contributed by atoms with Crippen molar-refractivity contribution in [1.29, 1.82) is 0 Å². The van der Waals surface area contributed by atoms with Crippen LogP contribution in [0.15, 0.2) is 58.1 Å². The maximum absolute atomic E-state index is 14.4. The van der Waals surface area contributed by atoms with Gasteiger partial charge in [-0.2, -0.15) is 13.2 Å². The first-order chi connectivity index (χ1) is 14.7. The molecule has 0 spiro atoms. The third kappa shape index (κ3) is 4.55. The number of benzene rings is 1. The number of anilines is 1. The molecule has 0 unspecified atom stereocenters. The molecular weight excluding hydrogens is 413 g/mol. The fourth-order valence-electron chi connectivity index (χ4n) is 3.32. The van der Waals surface area contributed by atoms with Crippen molar-refractivity contribution in [3.8, 4) is 0 Å². The molecule has 3 rings (SSSR count). The molecule has 31 heavy (non-hydrogen) atoms. The lowest BCUT2D eigenvalue weighted by Gasteiger charge is -2.31. The second-order valence-corrected chi connectivity index (χ2v) is 6.97. The monoisotopic (exact) mass is 434 g/mol. The van der Waals surface area contributed by atoms with Crippen LogP contribution in [0.25, 0.3) is 6.08 Å². The lowest BCUT2D eigenvalue weighted by atomic mass is 9.89. The summed E-state index contributed by atoms with van der Waals surface area (Å²) in [5.74, 6) is -1.38. The number of alkyl halides is 3. The first-order valence-corrected chi connectivity index (χ1v) is 9.58. The van der Waals surface area contributed by atoms with Gasteiger partial charge in [-0.25, -0.2) is 0 Å². The van der Waals surface area contributed by atoms with Gasteiger partial charge in [-0.15, -0.1) is 0 Å². The van der Waals surface area contributed by atoms with Crippen LogP contribution in [0.5, 0.6) is 0 Å². The number of nitrogens with zero attached hydrogens (tertiary/aromatic N) is 2. The number of carbonyl (C=O) groups excluding carboxylic acids is 2. The van der Waals surface area contributed by atoms with E-state index in [4.69, 9.17) is 9.15 Å². The number of rotatable bonds is 7. The molecule has 0 radical (unpaired) electrons. The molecule has 0 saturated heterocycles. The van der Waals surface area contributed by atoms with E-state index >= 15 is 0 Å². The van der Waals surface area contributed by atoms with E-state index in [0.717, 1.165) is 0 Å². The van der Waals surface area contributed by atoms with Crippen molar-refractivity contribution in [2.45, 2.75) is 31.5 Å². The second-order valence-electron chi connectivity index (χ2n) is 6.97. The Balaban J connectivity index is 2.10. The van der Waals surface area contributed by atoms with E-state index < -0.39 is 36.4 Å². The molecule has 1 aromatic heterocycles. The summed E-state index contributed by atoms with van der Waals surface area (Å²) >= 11 is 0. The molecule has 1 atom stereocenters. The maximum Gasteiger partial charge on any atom is 0.414 e. The lowest BCUT2D eigenvalue weighted by molar-refractivity contribution is -0.192. The van der Waals surface area contributed by atoms with Crippen molar-refractivity contribution in [2.24, 2.45) is 4.99 Å². The van der Waals surface area contributed by atoms with Crippen LogP contribution in [-0.4, -0.2) is 43.0 Å². The van der Waals surface area contributed by atoms with Crippen LogP contribution in [0.2, 0.25) is 0 Å². The van der Waals surface area contributed by atoms with Gasteiger partial charge in [0.1, 0.15) is 11.5 Å². The van der Waals surface area contributed by atoms with Gasteiger partial charge in [-0.3, -0.25) is 14.6 Å². The first kappa shape index (κ1) is 22.3. The molecule has 164 valence electrons. The number of furan rings is 1. The number of ether oxygens (including phenoxy) is 1. The van der Waals surface area contributed by atoms with Crippen molar-refractivity contribution in [3.63, 3.8) is 0 Å². The Bertz CT molecular complexity index is 1010. The number of esters is 1. The van der Waals surface area contributed by atoms with Crippen LogP contribution < -0.4 is 4.90 Å². The van der Waals surface area contributed by atoms with Crippen LogP contribution in [-0.2, 0) is 14.3 Å². The summed E-state index contributed by atoms with van der Waals surface area (Å²) in [4.78, 5) is 30.0. The summed E-state index contributed by atoms with van der Waals surface area (Å²) < 4.78 is 53.1. The SMILES string of the molecule is CCOC(=O)C[C@@](C/C=C/c1ccco1)(N=C1C(=O)N(C)c2ccccc21)C(F)(F)F. The minimum Gasteiger partial charge on any atom is -0.466 e. The highest BCUT2D eigenvalue weighted by Gasteiger charge is 2.56. The van der Waals surface area contributed by atoms with Crippen LogP contribution in [0.4, 0.5) is 18.9 Å². The highest BCUT2D eigenvalue weighted by molar-refractivity contribution is 6.54. The Morgan fingerprint density at radius 2 is 1.97 bits per heavy atom. The maximum atomic E-state index is 14.4. The first-order valence-electron chi connectivity index (χ1n) is 9.58. The van der Waals surface area contributed by atoms with Gasteiger partial charge in [0, 0.05) is 19.0 Å².